The van der Waals surface area contributed by atoms with Crippen molar-refractivity contribution in [2.45, 2.75) is 5.41 Å². The average Bonchev–Trinajstić information content (AvgIpc) is 3.96. The molecule has 1 heterocycles. The number of benzene rings is 11. The molecular formula is C67H45NO. The zero-order valence-electron chi connectivity index (χ0n) is 37.8. The smallest absolute Gasteiger partial charge is 0.143 e. The molecule has 0 amide bonds. The molecule has 0 fully saturated rings. The Labute approximate surface area is 402 Å². The minimum Gasteiger partial charge on any atom is -0.455 e. The van der Waals surface area contributed by atoms with Crippen LogP contribution in [0.15, 0.2) is 277 Å². The van der Waals surface area contributed by atoms with Crippen molar-refractivity contribution >= 4 is 39.0 Å². The normalized spacial score (nSPS) is 12.5. The SMILES string of the molecule is c1ccc(-c2cccc(-c3ccc(N(c4ccc(-c5ccc6oc7c(-c8ccccc8)cccc7c6c5)cc4)c4ccc5c(c4)C(c4ccccc4)(c4ccccc4)c4ccccc4-5)cc3)c2)cc1. The summed E-state index contributed by atoms with van der Waals surface area (Å²) in [5.41, 5.74) is 21.4. The Bertz CT molecular complexity index is 3760. The van der Waals surface area contributed by atoms with Gasteiger partial charge in [0.2, 0.25) is 0 Å². The van der Waals surface area contributed by atoms with Gasteiger partial charge in [0.1, 0.15) is 11.2 Å². The maximum atomic E-state index is 6.56. The second kappa shape index (κ2) is 16.7. The average molecular weight is 880 g/mol. The van der Waals surface area contributed by atoms with Crippen LogP contribution in [0.25, 0.3) is 77.6 Å². The topological polar surface area (TPSA) is 16.4 Å². The molecule has 2 heteroatoms. The number of fused-ring (bicyclic) bond motifs is 6. The van der Waals surface area contributed by atoms with Crippen molar-refractivity contribution in [2.24, 2.45) is 0 Å². The molecule has 324 valence electrons. The van der Waals surface area contributed by atoms with Crippen molar-refractivity contribution < 1.29 is 4.42 Å². The highest BCUT2D eigenvalue weighted by Gasteiger charge is 2.46. The quantitative estimate of drug-likeness (QED) is 0.144. The van der Waals surface area contributed by atoms with E-state index in [1.807, 2.05) is 0 Å². The van der Waals surface area contributed by atoms with Gasteiger partial charge < -0.3 is 9.32 Å². The summed E-state index contributed by atoms with van der Waals surface area (Å²) in [5, 5.41) is 2.23. The predicted molar refractivity (Wildman–Crippen MR) is 287 cm³/mol. The maximum Gasteiger partial charge on any atom is 0.143 e. The fourth-order valence-corrected chi connectivity index (χ4v) is 11.0. The van der Waals surface area contributed by atoms with Gasteiger partial charge in [0.25, 0.3) is 0 Å². The molecule has 0 atom stereocenters. The number of anilines is 3. The lowest BCUT2D eigenvalue weighted by Gasteiger charge is -2.35. The molecule has 1 aliphatic rings. The highest BCUT2D eigenvalue weighted by Crippen LogP contribution is 2.57. The third kappa shape index (κ3) is 6.80. The molecule has 69 heavy (non-hydrogen) atoms. The Kier molecular flexibility index (Phi) is 9.77. The molecule has 0 bridgehead atoms. The van der Waals surface area contributed by atoms with Gasteiger partial charge in [-0.25, -0.2) is 0 Å². The lowest BCUT2D eigenvalue weighted by Crippen LogP contribution is -2.28. The summed E-state index contributed by atoms with van der Waals surface area (Å²) in [4.78, 5) is 2.41. The van der Waals surface area contributed by atoms with Crippen molar-refractivity contribution in [3.05, 3.63) is 295 Å². The lowest BCUT2D eigenvalue weighted by molar-refractivity contribution is 0.670. The molecular weight excluding hydrogens is 835 g/mol. The van der Waals surface area contributed by atoms with Crippen molar-refractivity contribution in [3.8, 4) is 55.6 Å². The first-order chi connectivity index (χ1) is 34.2. The molecule has 0 N–H and O–H groups in total. The van der Waals surface area contributed by atoms with Crippen LogP contribution in [0.3, 0.4) is 0 Å². The third-order valence-corrected chi connectivity index (χ3v) is 14.2. The van der Waals surface area contributed by atoms with Gasteiger partial charge in [-0.1, -0.05) is 218 Å². The molecule has 11 aromatic carbocycles. The number of rotatable bonds is 9. The van der Waals surface area contributed by atoms with Crippen LogP contribution in [0.1, 0.15) is 22.3 Å². The van der Waals surface area contributed by atoms with Crippen molar-refractivity contribution in [3.63, 3.8) is 0 Å². The Morgan fingerprint density at radius 2 is 0.739 bits per heavy atom. The summed E-state index contributed by atoms with van der Waals surface area (Å²) < 4.78 is 6.56. The van der Waals surface area contributed by atoms with Gasteiger partial charge in [0.05, 0.1) is 5.41 Å². The number of hydrogen-bond acceptors (Lipinski definition) is 2. The number of furan rings is 1. The minimum absolute atomic E-state index is 0.522. The van der Waals surface area contributed by atoms with E-state index in [-0.39, 0.29) is 0 Å². The van der Waals surface area contributed by atoms with Crippen molar-refractivity contribution in [1.82, 2.24) is 0 Å². The van der Waals surface area contributed by atoms with Crippen LogP contribution in [0.5, 0.6) is 0 Å². The van der Waals surface area contributed by atoms with E-state index in [9.17, 15) is 0 Å². The molecule has 12 aromatic rings. The molecule has 0 radical (unpaired) electrons. The van der Waals surface area contributed by atoms with Crippen LogP contribution >= 0.6 is 0 Å². The largest absolute Gasteiger partial charge is 0.455 e. The Morgan fingerprint density at radius 3 is 1.38 bits per heavy atom. The van der Waals surface area contributed by atoms with E-state index in [0.29, 0.717) is 0 Å². The molecule has 13 rings (SSSR count). The van der Waals surface area contributed by atoms with Crippen LogP contribution < -0.4 is 4.90 Å². The highest BCUT2D eigenvalue weighted by atomic mass is 16.3. The highest BCUT2D eigenvalue weighted by molar-refractivity contribution is 6.10. The third-order valence-electron chi connectivity index (χ3n) is 14.2. The second-order valence-corrected chi connectivity index (χ2v) is 18.0. The van der Waals surface area contributed by atoms with Crippen LogP contribution in [-0.2, 0) is 5.41 Å². The van der Waals surface area contributed by atoms with E-state index >= 15 is 0 Å². The number of hydrogen-bond donors (Lipinski definition) is 0. The van der Waals surface area contributed by atoms with Crippen LogP contribution in [0, 0.1) is 0 Å². The zero-order valence-corrected chi connectivity index (χ0v) is 37.8. The van der Waals surface area contributed by atoms with Crippen LogP contribution in [0.4, 0.5) is 17.1 Å². The summed E-state index contributed by atoms with van der Waals surface area (Å²) in [5.74, 6) is 0. The Balaban J connectivity index is 0.946. The van der Waals surface area contributed by atoms with Gasteiger partial charge >= 0.3 is 0 Å². The first-order valence-corrected chi connectivity index (χ1v) is 23.7. The van der Waals surface area contributed by atoms with Gasteiger partial charge in [0.15, 0.2) is 0 Å². The molecule has 0 spiro atoms. The molecule has 2 nitrogen and oxygen atoms in total. The maximum absolute atomic E-state index is 6.56. The first kappa shape index (κ1) is 40.3. The van der Waals surface area contributed by atoms with Crippen molar-refractivity contribution in [1.29, 1.82) is 0 Å². The zero-order chi connectivity index (χ0) is 45.7. The standard InChI is InChI=1S/C67H45NO/c1-5-17-46(18-6-1)50-21-15-22-51(43-50)47-31-36-55(37-32-47)68(56-38-33-48(34-39-56)52-35-42-65-62(44-52)61-29-16-28-58(66(61)69-65)49-19-7-2-8-20-49)57-40-41-60-59-27-13-14-30-63(59)67(64(60)45-57,53-23-9-3-10-24-53)54-25-11-4-12-26-54/h1-45H. The van der Waals surface area contributed by atoms with E-state index in [4.69, 9.17) is 4.42 Å². The molecule has 0 unspecified atom stereocenters. The van der Waals surface area contributed by atoms with E-state index in [1.54, 1.807) is 0 Å². The van der Waals surface area contributed by atoms with Gasteiger partial charge in [-0.05, 0) is 127 Å². The Hall–Kier alpha value is -8.98. The first-order valence-electron chi connectivity index (χ1n) is 23.7. The van der Waals surface area contributed by atoms with E-state index in [0.717, 1.165) is 61.3 Å². The van der Waals surface area contributed by atoms with Crippen molar-refractivity contribution in [2.75, 3.05) is 4.90 Å². The molecule has 0 saturated heterocycles. The van der Waals surface area contributed by atoms with E-state index in [1.165, 1.54) is 55.6 Å². The lowest BCUT2D eigenvalue weighted by atomic mass is 9.67. The second-order valence-electron chi connectivity index (χ2n) is 18.0. The molecule has 0 aliphatic heterocycles. The van der Waals surface area contributed by atoms with Gasteiger partial charge in [-0.2, -0.15) is 0 Å². The monoisotopic (exact) mass is 879 g/mol. The Morgan fingerprint density at radius 1 is 0.275 bits per heavy atom. The summed E-state index contributed by atoms with van der Waals surface area (Å²) >= 11 is 0. The summed E-state index contributed by atoms with van der Waals surface area (Å²) in [7, 11) is 0. The summed E-state index contributed by atoms with van der Waals surface area (Å²) in [6, 6.07) is 99.2. The van der Waals surface area contributed by atoms with Crippen LogP contribution in [0.2, 0.25) is 0 Å². The number of para-hydroxylation sites is 1. The van der Waals surface area contributed by atoms with Gasteiger partial charge in [-0.15, -0.1) is 0 Å². The van der Waals surface area contributed by atoms with Gasteiger partial charge in [-0.3, -0.25) is 0 Å². The molecule has 1 aromatic heterocycles. The fraction of sp³-hybridized carbons (Fsp3) is 0.0149. The van der Waals surface area contributed by atoms with E-state index in [2.05, 4.69) is 278 Å². The molecule has 1 aliphatic carbocycles. The van der Waals surface area contributed by atoms with E-state index < -0.39 is 5.41 Å². The fourth-order valence-electron chi connectivity index (χ4n) is 11.0. The summed E-state index contributed by atoms with van der Waals surface area (Å²) in [6.07, 6.45) is 0. The summed E-state index contributed by atoms with van der Waals surface area (Å²) in [6.45, 7) is 0. The minimum atomic E-state index is -0.522. The van der Waals surface area contributed by atoms with Gasteiger partial charge in [0, 0.05) is 33.4 Å². The number of nitrogens with zero attached hydrogens (tertiary/aromatic N) is 1. The molecule has 0 saturated carbocycles. The predicted octanol–water partition coefficient (Wildman–Crippen LogP) is 18.1. The van der Waals surface area contributed by atoms with Crippen LogP contribution in [-0.4, -0.2) is 0 Å².